The van der Waals surface area contributed by atoms with Gasteiger partial charge in [0, 0.05) is 13.0 Å². The summed E-state index contributed by atoms with van der Waals surface area (Å²) >= 11 is 0. The number of hydrogen-bond acceptors (Lipinski definition) is 3. The number of nitrogen functional groups attached to an aromatic ring is 1. The van der Waals surface area contributed by atoms with E-state index in [1.807, 2.05) is 4.68 Å². The summed E-state index contributed by atoms with van der Waals surface area (Å²) in [4.78, 5) is 4.34. The number of anilines is 1. The molecular formula is C16H20N4. The number of hydrogen-bond donors (Lipinski definition) is 1. The van der Waals surface area contributed by atoms with Gasteiger partial charge in [0.15, 0.2) is 0 Å². The fourth-order valence-corrected chi connectivity index (χ4v) is 3.62. The van der Waals surface area contributed by atoms with Gasteiger partial charge in [-0.05, 0) is 54.7 Å². The lowest BCUT2D eigenvalue weighted by Crippen LogP contribution is -2.19. The van der Waals surface area contributed by atoms with Crippen LogP contribution in [0.1, 0.15) is 47.7 Å². The molecule has 2 N–H and O–H groups in total. The molecule has 4 rings (SSSR count). The second kappa shape index (κ2) is 4.62. The number of nitrogens with two attached hydrogens (primary N) is 1. The average molecular weight is 268 g/mol. The SMILES string of the molecule is Nc1nc2n(n1)CCC(c1ccc3c(c1)CCCC3)C2. The first-order valence-corrected chi connectivity index (χ1v) is 7.60. The molecule has 1 aliphatic carbocycles. The van der Waals surface area contributed by atoms with Crippen LogP contribution in [0.15, 0.2) is 18.2 Å². The first-order chi connectivity index (χ1) is 9.79. The smallest absolute Gasteiger partial charge is 0.239 e. The van der Waals surface area contributed by atoms with Gasteiger partial charge >= 0.3 is 0 Å². The molecule has 0 spiro atoms. The molecule has 4 nitrogen and oxygen atoms in total. The number of benzene rings is 1. The third-order valence-corrected chi connectivity index (χ3v) is 4.73. The molecule has 2 aliphatic rings. The van der Waals surface area contributed by atoms with Gasteiger partial charge in [-0.1, -0.05) is 18.2 Å². The Labute approximate surface area is 119 Å². The number of aromatic nitrogens is 3. The molecular weight excluding hydrogens is 248 g/mol. The van der Waals surface area contributed by atoms with Gasteiger partial charge < -0.3 is 5.73 Å². The molecule has 20 heavy (non-hydrogen) atoms. The van der Waals surface area contributed by atoms with Crippen LogP contribution in [-0.2, 0) is 25.8 Å². The zero-order chi connectivity index (χ0) is 13.5. The van der Waals surface area contributed by atoms with Crippen LogP contribution in [0.2, 0.25) is 0 Å². The lowest BCUT2D eigenvalue weighted by molar-refractivity contribution is 0.434. The van der Waals surface area contributed by atoms with Crippen LogP contribution in [0.4, 0.5) is 5.95 Å². The van der Waals surface area contributed by atoms with Gasteiger partial charge in [-0.2, -0.15) is 4.98 Å². The van der Waals surface area contributed by atoms with Crippen molar-refractivity contribution in [2.24, 2.45) is 0 Å². The quantitative estimate of drug-likeness (QED) is 0.864. The van der Waals surface area contributed by atoms with Crippen molar-refractivity contribution in [3.8, 4) is 0 Å². The number of rotatable bonds is 1. The Morgan fingerprint density at radius 3 is 2.90 bits per heavy atom. The lowest BCUT2D eigenvalue weighted by Gasteiger charge is -2.24. The Kier molecular flexibility index (Phi) is 2.76. The predicted molar refractivity (Wildman–Crippen MR) is 78.6 cm³/mol. The van der Waals surface area contributed by atoms with E-state index >= 15 is 0 Å². The lowest BCUT2D eigenvalue weighted by atomic mass is 9.84. The second-order valence-electron chi connectivity index (χ2n) is 6.03. The van der Waals surface area contributed by atoms with Crippen molar-refractivity contribution >= 4 is 5.95 Å². The van der Waals surface area contributed by atoms with Crippen LogP contribution >= 0.6 is 0 Å². The van der Waals surface area contributed by atoms with E-state index in [2.05, 4.69) is 28.3 Å². The summed E-state index contributed by atoms with van der Waals surface area (Å²) in [6.07, 6.45) is 7.28. The molecule has 2 aromatic rings. The van der Waals surface area contributed by atoms with Crippen LogP contribution in [0.5, 0.6) is 0 Å². The Bertz CT molecular complexity index is 644. The summed E-state index contributed by atoms with van der Waals surface area (Å²) in [7, 11) is 0. The van der Waals surface area contributed by atoms with E-state index in [4.69, 9.17) is 5.73 Å². The zero-order valence-electron chi connectivity index (χ0n) is 11.7. The minimum Gasteiger partial charge on any atom is -0.366 e. The zero-order valence-corrected chi connectivity index (χ0v) is 11.7. The predicted octanol–water partition coefficient (Wildman–Crippen LogP) is 2.47. The maximum atomic E-state index is 5.69. The summed E-state index contributed by atoms with van der Waals surface area (Å²) in [5.41, 5.74) is 10.3. The van der Waals surface area contributed by atoms with E-state index in [0.29, 0.717) is 11.9 Å². The third-order valence-electron chi connectivity index (χ3n) is 4.73. The maximum Gasteiger partial charge on any atom is 0.239 e. The van der Waals surface area contributed by atoms with Gasteiger partial charge in [-0.3, -0.25) is 0 Å². The molecule has 0 saturated heterocycles. The van der Waals surface area contributed by atoms with Crippen LogP contribution in [0.25, 0.3) is 0 Å². The Hall–Kier alpha value is -1.84. The van der Waals surface area contributed by atoms with E-state index in [1.54, 1.807) is 11.1 Å². The molecule has 0 saturated carbocycles. The molecule has 1 aliphatic heterocycles. The summed E-state index contributed by atoms with van der Waals surface area (Å²) in [6.45, 7) is 0.932. The summed E-state index contributed by atoms with van der Waals surface area (Å²) in [6, 6.07) is 7.11. The van der Waals surface area contributed by atoms with E-state index in [9.17, 15) is 0 Å². The van der Waals surface area contributed by atoms with E-state index < -0.39 is 0 Å². The molecule has 1 unspecified atom stereocenters. The minimum absolute atomic E-state index is 0.408. The molecule has 1 aromatic heterocycles. The standard InChI is InChI=1S/C16H20N4/c17-16-18-15-10-14(7-8-20(15)19-16)13-6-5-11-3-1-2-4-12(11)9-13/h5-6,9,14H,1-4,7-8,10H2,(H2,17,19). The first kappa shape index (κ1) is 11.9. The highest BCUT2D eigenvalue weighted by Gasteiger charge is 2.23. The fraction of sp³-hybridized carbons (Fsp3) is 0.500. The summed E-state index contributed by atoms with van der Waals surface area (Å²) in [5.74, 6) is 2.01. The van der Waals surface area contributed by atoms with Gasteiger partial charge in [-0.25, -0.2) is 4.68 Å². The molecule has 1 atom stereocenters. The minimum atomic E-state index is 0.408. The van der Waals surface area contributed by atoms with Gasteiger partial charge in [0.1, 0.15) is 5.82 Å². The van der Waals surface area contributed by atoms with Crippen LogP contribution in [-0.4, -0.2) is 14.8 Å². The Morgan fingerprint density at radius 1 is 1.15 bits per heavy atom. The van der Waals surface area contributed by atoms with Gasteiger partial charge in [0.25, 0.3) is 0 Å². The Balaban J connectivity index is 1.62. The molecule has 0 fully saturated rings. The van der Waals surface area contributed by atoms with E-state index in [1.165, 1.54) is 31.2 Å². The van der Waals surface area contributed by atoms with Crippen molar-refractivity contribution < 1.29 is 0 Å². The van der Waals surface area contributed by atoms with Crippen LogP contribution < -0.4 is 5.73 Å². The molecule has 2 heterocycles. The van der Waals surface area contributed by atoms with Crippen molar-refractivity contribution in [1.82, 2.24) is 14.8 Å². The number of fused-ring (bicyclic) bond motifs is 2. The van der Waals surface area contributed by atoms with Gasteiger partial charge in [0.05, 0.1) is 0 Å². The van der Waals surface area contributed by atoms with E-state index in [0.717, 1.165) is 25.2 Å². The highest BCUT2D eigenvalue weighted by molar-refractivity contribution is 5.36. The molecule has 104 valence electrons. The van der Waals surface area contributed by atoms with Gasteiger partial charge in [0.2, 0.25) is 5.95 Å². The monoisotopic (exact) mass is 268 g/mol. The molecule has 1 aromatic carbocycles. The topological polar surface area (TPSA) is 56.7 Å². The highest BCUT2D eigenvalue weighted by Crippen LogP contribution is 2.31. The number of aryl methyl sites for hydroxylation is 3. The normalized spacial score (nSPS) is 21.3. The fourth-order valence-electron chi connectivity index (χ4n) is 3.62. The highest BCUT2D eigenvalue weighted by atomic mass is 15.4. The van der Waals surface area contributed by atoms with Crippen LogP contribution in [0.3, 0.4) is 0 Å². The largest absolute Gasteiger partial charge is 0.366 e. The molecule has 0 amide bonds. The molecule has 4 heteroatoms. The van der Waals surface area contributed by atoms with Crippen molar-refractivity contribution in [3.05, 3.63) is 40.7 Å². The maximum absolute atomic E-state index is 5.69. The van der Waals surface area contributed by atoms with Crippen molar-refractivity contribution in [2.75, 3.05) is 5.73 Å². The second-order valence-corrected chi connectivity index (χ2v) is 6.03. The van der Waals surface area contributed by atoms with Crippen LogP contribution in [0, 0.1) is 0 Å². The molecule has 0 radical (unpaired) electrons. The Morgan fingerprint density at radius 2 is 2.00 bits per heavy atom. The average Bonchev–Trinajstić information content (AvgIpc) is 2.85. The summed E-state index contributed by atoms with van der Waals surface area (Å²) in [5, 5.41) is 4.23. The van der Waals surface area contributed by atoms with Gasteiger partial charge in [-0.15, -0.1) is 5.10 Å². The molecule has 0 bridgehead atoms. The van der Waals surface area contributed by atoms with Crippen molar-refractivity contribution in [2.45, 2.75) is 51.0 Å². The first-order valence-electron chi connectivity index (χ1n) is 7.60. The van der Waals surface area contributed by atoms with E-state index in [-0.39, 0.29) is 0 Å². The van der Waals surface area contributed by atoms with Crippen molar-refractivity contribution in [1.29, 1.82) is 0 Å². The van der Waals surface area contributed by atoms with Crippen molar-refractivity contribution in [3.63, 3.8) is 0 Å². The number of nitrogens with zero attached hydrogens (tertiary/aromatic N) is 3. The third kappa shape index (κ3) is 1.99. The summed E-state index contributed by atoms with van der Waals surface area (Å²) < 4.78 is 1.96.